The highest BCUT2D eigenvalue weighted by Gasteiger charge is 2.10. The number of hydrogen-bond acceptors (Lipinski definition) is 4. The maximum atomic E-state index is 10.7. The molecule has 0 aromatic rings. The van der Waals surface area contributed by atoms with Crippen LogP contribution in [0.4, 0.5) is 0 Å². The van der Waals surface area contributed by atoms with Crippen molar-refractivity contribution in [3.63, 3.8) is 0 Å². The van der Waals surface area contributed by atoms with Crippen molar-refractivity contribution in [3.8, 4) is 6.19 Å². The number of piperazine rings is 1. The van der Waals surface area contributed by atoms with E-state index in [0.29, 0.717) is 0 Å². The van der Waals surface area contributed by atoms with E-state index < -0.39 is 0 Å². The lowest BCUT2D eigenvalue weighted by Gasteiger charge is -2.25. The summed E-state index contributed by atoms with van der Waals surface area (Å²) in [6.45, 7) is 5.25. The van der Waals surface area contributed by atoms with Gasteiger partial charge in [-0.25, -0.2) is 0 Å². The Hall–Kier alpha value is -1.81. The minimum Gasteiger partial charge on any atom is -0.369 e. The Labute approximate surface area is 88.7 Å². The van der Waals surface area contributed by atoms with E-state index in [2.05, 4.69) is 10.3 Å². The SMILES string of the molecule is CC(=O)N1CCNCC1.N#CN=C(N)N. The summed E-state index contributed by atoms with van der Waals surface area (Å²) in [6.07, 6.45) is 1.41. The first kappa shape index (κ1) is 13.2. The Kier molecular flexibility index (Phi) is 6.67. The van der Waals surface area contributed by atoms with Crippen LogP contribution >= 0.6 is 0 Å². The zero-order valence-electron chi connectivity index (χ0n) is 8.73. The van der Waals surface area contributed by atoms with Gasteiger partial charge in [0, 0.05) is 33.1 Å². The molecule has 1 aliphatic heterocycles. The molecule has 7 heteroatoms. The lowest BCUT2D eigenvalue weighted by Crippen LogP contribution is -2.45. The minimum absolute atomic E-state index is 0.191. The van der Waals surface area contributed by atoms with Gasteiger partial charge in [0.05, 0.1) is 0 Å². The van der Waals surface area contributed by atoms with Gasteiger partial charge in [0.15, 0.2) is 0 Å². The second-order valence-corrected chi connectivity index (χ2v) is 2.89. The molecule has 1 saturated heterocycles. The average Bonchev–Trinajstić information content (AvgIpc) is 2.20. The van der Waals surface area contributed by atoms with E-state index >= 15 is 0 Å². The number of carbonyl (C=O) groups is 1. The Balaban J connectivity index is 0.000000288. The van der Waals surface area contributed by atoms with Gasteiger partial charge in [0.2, 0.25) is 18.1 Å². The van der Waals surface area contributed by atoms with Crippen molar-refractivity contribution in [3.05, 3.63) is 0 Å². The van der Waals surface area contributed by atoms with Gasteiger partial charge < -0.3 is 21.7 Å². The summed E-state index contributed by atoms with van der Waals surface area (Å²) in [5.41, 5.74) is 9.42. The molecule has 7 nitrogen and oxygen atoms in total. The van der Waals surface area contributed by atoms with Crippen molar-refractivity contribution in [2.45, 2.75) is 6.92 Å². The minimum atomic E-state index is -0.197. The molecule has 0 unspecified atom stereocenters. The molecule has 5 N–H and O–H groups in total. The summed E-state index contributed by atoms with van der Waals surface area (Å²) >= 11 is 0. The smallest absolute Gasteiger partial charge is 0.219 e. The van der Waals surface area contributed by atoms with Crippen molar-refractivity contribution in [1.82, 2.24) is 10.2 Å². The normalized spacial score (nSPS) is 14.3. The van der Waals surface area contributed by atoms with Crippen molar-refractivity contribution in [1.29, 1.82) is 5.26 Å². The van der Waals surface area contributed by atoms with E-state index in [9.17, 15) is 4.79 Å². The predicted octanol–water partition coefficient (Wildman–Crippen LogP) is -1.82. The van der Waals surface area contributed by atoms with Crippen LogP contribution in [-0.2, 0) is 4.79 Å². The number of hydrogen-bond donors (Lipinski definition) is 3. The van der Waals surface area contributed by atoms with Gasteiger partial charge in [-0.3, -0.25) is 4.79 Å². The Bertz CT molecular complexity index is 259. The Morgan fingerprint density at radius 1 is 1.47 bits per heavy atom. The Morgan fingerprint density at radius 2 is 2.00 bits per heavy atom. The van der Waals surface area contributed by atoms with Crippen LogP contribution in [0.1, 0.15) is 6.92 Å². The van der Waals surface area contributed by atoms with Crippen LogP contribution in [-0.4, -0.2) is 42.9 Å². The molecule has 0 aliphatic carbocycles. The zero-order valence-corrected chi connectivity index (χ0v) is 8.73. The van der Waals surface area contributed by atoms with E-state index in [4.69, 9.17) is 16.7 Å². The number of nitrogens with zero attached hydrogens (tertiary/aromatic N) is 3. The molecule has 15 heavy (non-hydrogen) atoms. The quantitative estimate of drug-likeness (QED) is 0.248. The van der Waals surface area contributed by atoms with Crippen LogP contribution in [0.15, 0.2) is 4.99 Å². The molecule has 1 rings (SSSR count). The zero-order chi connectivity index (χ0) is 11.7. The summed E-state index contributed by atoms with van der Waals surface area (Å²) in [7, 11) is 0. The second-order valence-electron chi connectivity index (χ2n) is 2.89. The number of rotatable bonds is 0. The molecule has 1 aliphatic rings. The molecular formula is C8H16N6O. The highest BCUT2D eigenvalue weighted by molar-refractivity contribution is 5.76. The third-order valence-electron chi connectivity index (χ3n) is 1.74. The second kappa shape index (κ2) is 7.58. The molecule has 84 valence electrons. The number of nitrogens with one attached hydrogen (secondary N) is 1. The summed E-state index contributed by atoms with van der Waals surface area (Å²) < 4.78 is 0. The maximum absolute atomic E-state index is 10.7. The topological polar surface area (TPSA) is 121 Å². The van der Waals surface area contributed by atoms with Crippen molar-refractivity contribution >= 4 is 11.9 Å². The predicted molar refractivity (Wildman–Crippen MR) is 56.5 cm³/mol. The van der Waals surface area contributed by atoms with Crippen molar-refractivity contribution in [2.24, 2.45) is 16.5 Å². The van der Waals surface area contributed by atoms with Crippen LogP contribution in [0.3, 0.4) is 0 Å². The Morgan fingerprint density at radius 3 is 2.20 bits per heavy atom. The van der Waals surface area contributed by atoms with Gasteiger partial charge in [-0.2, -0.15) is 5.26 Å². The van der Waals surface area contributed by atoms with E-state index in [1.165, 1.54) is 6.19 Å². The fourth-order valence-corrected chi connectivity index (χ4v) is 1.04. The van der Waals surface area contributed by atoms with Gasteiger partial charge in [-0.1, -0.05) is 0 Å². The largest absolute Gasteiger partial charge is 0.369 e. The molecule has 0 spiro atoms. The first-order valence-electron chi connectivity index (χ1n) is 4.52. The van der Waals surface area contributed by atoms with Gasteiger partial charge >= 0.3 is 0 Å². The van der Waals surface area contributed by atoms with Gasteiger partial charge in [-0.15, -0.1) is 4.99 Å². The highest BCUT2D eigenvalue weighted by Crippen LogP contribution is 1.90. The number of guanidine groups is 1. The third-order valence-corrected chi connectivity index (χ3v) is 1.74. The fourth-order valence-electron chi connectivity index (χ4n) is 1.04. The molecule has 0 bridgehead atoms. The third kappa shape index (κ3) is 7.28. The van der Waals surface area contributed by atoms with E-state index in [1.807, 2.05) is 4.90 Å². The summed E-state index contributed by atoms with van der Waals surface area (Å²) in [5.74, 6) is -0.00556. The first-order valence-corrected chi connectivity index (χ1v) is 4.52. The molecule has 0 aromatic carbocycles. The fraction of sp³-hybridized carbons (Fsp3) is 0.625. The van der Waals surface area contributed by atoms with Crippen LogP contribution in [0.5, 0.6) is 0 Å². The number of carbonyl (C=O) groups excluding carboxylic acids is 1. The van der Waals surface area contributed by atoms with Crippen LogP contribution in [0.2, 0.25) is 0 Å². The van der Waals surface area contributed by atoms with Gasteiger partial charge in [-0.05, 0) is 0 Å². The van der Waals surface area contributed by atoms with Crippen LogP contribution < -0.4 is 16.8 Å². The molecule has 1 fully saturated rings. The van der Waals surface area contributed by atoms with Gasteiger partial charge in [0.1, 0.15) is 0 Å². The van der Waals surface area contributed by atoms with Crippen LogP contribution in [0.25, 0.3) is 0 Å². The summed E-state index contributed by atoms with van der Waals surface area (Å²) in [4.78, 5) is 15.5. The maximum Gasteiger partial charge on any atom is 0.219 e. The number of nitriles is 1. The molecular weight excluding hydrogens is 196 g/mol. The highest BCUT2D eigenvalue weighted by atomic mass is 16.2. The monoisotopic (exact) mass is 212 g/mol. The first-order chi connectivity index (χ1) is 7.07. The standard InChI is InChI=1S/C6H12N2O.C2H4N4/c1-6(9)8-4-2-7-3-5-8;3-1-6-2(4)5/h7H,2-5H2,1H3;(H4,4,5,6). The number of nitrogens with two attached hydrogens (primary N) is 2. The van der Waals surface area contributed by atoms with E-state index in [0.717, 1.165) is 26.2 Å². The number of amides is 1. The summed E-state index contributed by atoms with van der Waals surface area (Å²) in [5, 5.41) is 10.8. The number of aliphatic imine (C=N–C) groups is 1. The van der Waals surface area contributed by atoms with Gasteiger partial charge in [0.25, 0.3) is 0 Å². The summed E-state index contributed by atoms with van der Waals surface area (Å²) in [6, 6.07) is 0. The lowest BCUT2D eigenvalue weighted by molar-refractivity contribution is -0.129. The van der Waals surface area contributed by atoms with Crippen LogP contribution in [0, 0.1) is 11.5 Å². The molecule has 1 amide bonds. The van der Waals surface area contributed by atoms with Crippen molar-refractivity contribution in [2.75, 3.05) is 26.2 Å². The molecule has 1 heterocycles. The molecule has 0 aromatic heterocycles. The molecule has 0 atom stereocenters. The van der Waals surface area contributed by atoms with E-state index in [-0.39, 0.29) is 11.9 Å². The molecule has 0 saturated carbocycles. The lowest BCUT2D eigenvalue weighted by atomic mass is 10.4. The van der Waals surface area contributed by atoms with Crippen molar-refractivity contribution < 1.29 is 4.79 Å². The average molecular weight is 212 g/mol. The van der Waals surface area contributed by atoms with E-state index in [1.54, 1.807) is 6.92 Å². The molecule has 0 radical (unpaired) electrons.